The average molecular weight is 575 g/mol. The summed E-state index contributed by atoms with van der Waals surface area (Å²) in [4.78, 5) is 22.2. The van der Waals surface area contributed by atoms with Gasteiger partial charge in [-0.05, 0) is 29.8 Å². The van der Waals surface area contributed by atoms with Crippen molar-refractivity contribution < 1.29 is 65.1 Å². The van der Waals surface area contributed by atoms with E-state index >= 15 is 0 Å². The van der Waals surface area contributed by atoms with Crippen molar-refractivity contribution in [2.45, 2.75) is 76.4 Å². The summed E-state index contributed by atoms with van der Waals surface area (Å²) in [5, 5.41) is 20.5. The fraction of sp³-hybridized carbons (Fsp3) is 0.941. The Labute approximate surface area is 178 Å². The van der Waals surface area contributed by atoms with Crippen LogP contribution in [-0.4, -0.2) is 65.6 Å². The molecule has 6 atom stereocenters. The van der Waals surface area contributed by atoms with Gasteiger partial charge in [-0.25, -0.2) is 9.95 Å². The average Bonchev–Trinajstić information content (AvgIpc) is 3.05. The first-order valence-corrected chi connectivity index (χ1v) is 9.44. The van der Waals surface area contributed by atoms with Crippen molar-refractivity contribution in [2.75, 3.05) is 20.0 Å². The second-order valence-electron chi connectivity index (χ2n) is 7.46. The minimum absolute atomic E-state index is 0. The number of amides is 1. The van der Waals surface area contributed by atoms with E-state index in [4.69, 9.17) is 29.0 Å². The zero-order valence-corrected chi connectivity index (χ0v) is 19.6. The molecule has 0 bridgehead atoms. The van der Waals surface area contributed by atoms with Gasteiger partial charge in [0, 0.05) is 33.6 Å². The maximum absolute atomic E-state index is 11.9. The molecule has 0 aromatic heterocycles. The van der Waals surface area contributed by atoms with E-state index in [0.29, 0.717) is 18.3 Å². The third-order valence-electron chi connectivity index (χ3n) is 5.83. The second-order valence-corrected chi connectivity index (χ2v) is 7.46. The van der Waals surface area contributed by atoms with Gasteiger partial charge in [-0.3, -0.25) is 10.0 Å². The Kier molecular flexibility index (Phi) is 8.41. The van der Waals surface area contributed by atoms with Crippen molar-refractivity contribution in [1.82, 2.24) is 5.06 Å². The van der Waals surface area contributed by atoms with Crippen LogP contribution in [0.2, 0.25) is 0 Å². The van der Waals surface area contributed by atoms with Gasteiger partial charge >= 0.3 is 0 Å². The molecular formula is C17H29NO9W. The van der Waals surface area contributed by atoms with E-state index in [1.165, 1.54) is 0 Å². The molecule has 28 heavy (non-hydrogen) atoms. The fourth-order valence-electron chi connectivity index (χ4n) is 4.39. The van der Waals surface area contributed by atoms with Gasteiger partial charge in [0.05, 0.1) is 19.1 Å². The zero-order chi connectivity index (χ0) is 19.7. The molecule has 2 saturated heterocycles. The van der Waals surface area contributed by atoms with Crippen LogP contribution in [0, 0.1) is 5.92 Å². The molecular weight excluding hydrogens is 546 g/mol. The summed E-state index contributed by atoms with van der Waals surface area (Å²) in [5.74, 6) is -0.727. The Morgan fingerprint density at radius 2 is 1.93 bits per heavy atom. The largest absolute Gasteiger partial charge is 0.375 e. The third kappa shape index (κ3) is 3.79. The zero-order valence-electron chi connectivity index (χ0n) is 16.6. The van der Waals surface area contributed by atoms with Gasteiger partial charge in [0.25, 0.3) is 0 Å². The molecule has 10 nitrogen and oxygen atoms in total. The predicted molar refractivity (Wildman–Crippen MR) is 87.7 cm³/mol. The number of carbonyl (C=O) groups is 1. The SMILES string of the molecule is CCCOOOO[C@@H]1[C@@H]2OCO[C@]2(C)[C@@H](OCCC)[C@@H](C)C12CC(=O)N2O.[W]. The van der Waals surface area contributed by atoms with Crippen LogP contribution in [-0.2, 0) is 59.9 Å². The molecule has 0 aromatic rings. The van der Waals surface area contributed by atoms with E-state index < -0.39 is 35.4 Å². The van der Waals surface area contributed by atoms with Gasteiger partial charge in [0.2, 0.25) is 5.91 Å². The molecule has 11 heteroatoms. The van der Waals surface area contributed by atoms with E-state index in [9.17, 15) is 10.0 Å². The van der Waals surface area contributed by atoms with Crippen molar-refractivity contribution in [3.05, 3.63) is 0 Å². The fourth-order valence-corrected chi connectivity index (χ4v) is 4.39. The molecule has 3 fully saturated rings. The molecule has 2 aliphatic heterocycles. The van der Waals surface area contributed by atoms with Gasteiger partial charge in [-0.15, -0.1) is 0 Å². The molecule has 1 saturated carbocycles. The summed E-state index contributed by atoms with van der Waals surface area (Å²) in [5.41, 5.74) is -1.92. The molecule has 1 N–H and O–H groups in total. The molecule has 0 aromatic carbocycles. The summed E-state index contributed by atoms with van der Waals surface area (Å²) in [6.45, 7) is 8.58. The minimum atomic E-state index is -1.08. The number of carbonyl (C=O) groups excluding carboxylic acids is 1. The van der Waals surface area contributed by atoms with Crippen LogP contribution in [0.1, 0.15) is 47.0 Å². The Hall–Kier alpha value is -0.162. The number of nitrogens with zero attached hydrogens (tertiary/aromatic N) is 1. The monoisotopic (exact) mass is 575 g/mol. The summed E-state index contributed by atoms with van der Waals surface area (Å²) in [7, 11) is 0. The van der Waals surface area contributed by atoms with Crippen LogP contribution in [0.15, 0.2) is 0 Å². The van der Waals surface area contributed by atoms with E-state index in [-0.39, 0.29) is 40.2 Å². The Morgan fingerprint density at radius 3 is 2.54 bits per heavy atom. The van der Waals surface area contributed by atoms with E-state index in [1.807, 2.05) is 27.7 Å². The number of β-lactam (4-membered cyclic amide) rings is 1. The summed E-state index contributed by atoms with van der Waals surface area (Å²) >= 11 is 0. The molecule has 1 spiro atoms. The number of fused-ring (bicyclic) bond motifs is 1. The van der Waals surface area contributed by atoms with Crippen LogP contribution >= 0.6 is 0 Å². The van der Waals surface area contributed by atoms with Gasteiger partial charge < -0.3 is 14.2 Å². The normalized spacial score (nSPS) is 39.6. The minimum Gasteiger partial charge on any atom is -0.375 e. The van der Waals surface area contributed by atoms with Crippen molar-refractivity contribution in [2.24, 2.45) is 5.92 Å². The predicted octanol–water partition coefficient (Wildman–Crippen LogP) is 1.51. The van der Waals surface area contributed by atoms with E-state index in [2.05, 4.69) is 5.04 Å². The van der Waals surface area contributed by atoms with Crippen molar-refractivity contribution in [1.29, 1.82) is 0 Å². The first-order chi connectivity index (χ1) is 12.9. The Bertz CT molecular complexity index is 541. The van der Waals surface area contributed by atoms with Gasteiger partial charge in [0.1, 0.15) is 24.0 Å². The quantitative estimate of drug-likeness (QED) is 0.144. The maximum atomic E-state index is 11.9. The number of hydroxylamine groups is 2. The molecule has 2 heterocycles. The third-order valence-corrected chi connectivity index (χ3v) is 5.83. The van der Waals surface area contributed by atoms with Crippen LogP contribution < -0.4 is 0 Å². The topological polar surface area (TPSA) is 105 Å². The molecule has 1 aliphatic carbocycles. The van der Waals surface area contributed by atoms with Crippen molar-refractivity contribution in [3.8, 4) is 0 Å². The maximum Gasteiger partial charge on any atom is 0.249 e. The summed E-state index contributed by atoms with van der Waals surface area (Å²) in [6, 6.07) is 0. The smallest absolute Gasteiger partial charge is 0.249 e. The van der Waals surface area contributed by atoms with Crippen LogP contribution in [0.5, 0.6) is 0 Å². The summed E-state index contributed by atoms with van der Waals surface area (Å²) in [6.07, 6.45) is -0.296. The molecule has 3 aliphatic rings. The van der Waals surface area contributed by atoms with Crippen molar-refractivity contribution in [3.63, 3.8) is 0 Å². The molecule has 1 amide bonds. The first-order valence-electron chi connectivity index (χ1n) is 9.44. The van der Waals surface area contributed by atoms with Gasteiger partial charge in [-0.1, -0.05) is 20.8 Å². The summed E-state index contributed by atoms with van der Waals surface area (Å²) < 4.78 is 17.7. The van der Waals surface area contributed by atoms with Crippen LogP contribution in [0.25, 0.3) is 0 Å². The number of ether oxygens (including phenoxy) is 3. The Morgan fingerprint density at radius 1 is 1.21 bits per heavy atom. The molecule has 3 rings (SSSR count). The van der Waals surface area contributed by atoms with Gasteiger partial charge in [0.15, 0.2) is 6.10 Å². The van der Waals surface area contributed by atoms with E-state index in [1.54, 1.807) is 0 Å². The number of hydrogen-bond acceptors (Lipinski definition) is 9. The van der Waals surface area contributed by atoms with Crippen molar-refractivity contribution >= 4 is 5.91 Å². The second kappa shape index (κ2) is 9.76. The first kappa shape index (κ1) is 24.1. The molecule has 162 valence electrons. The Balaban J connectivity index is 0.00000280. The molecule has 0 radical (unpaired) electrons. The molecule has 1 unspecified atom stereocenters. The number of hydrogen-bond donors (Lipinski definition) is 1. The standard InChI is InChI=1S/C17H29NO9.W/c1-5-7-21-13-11(3)17(9-12(19)18(17)20)15(25-27-26-24-8-6-2)14-16(13,4)23-10-22-14;/h11,13-15,20H,5-10H2,1-4H3;/t11-,13+,14+,15-,16-,17?;/m1./s1. The van der Waals surface area contributed by atoms with Crippen LogP contribution in [0.3, 0.4) is 0 Å². The van der Waals surface area contributed by atoms with Gasteiger partial charge in [-0.2, -0.15) is 4.89 Å². The van der Waals surface area contributed by atoms with E-state index in [0.717, 1.165) is 12.8 Å². The number of rotatable bonds is 9. The van der Waals surface area contributed by atoms with Crippen LogP contribution in [0.4, 0.5) is 0 Å².